The summed E-state index contributed by atoms with van der Waals surface area (Å²) in [7, 11) is 1.77. The molecule has 37 heavy (non-hydrogen) atoms. The Morgan fingerprint density at radius 2 is 1.65 bits per heavy atom. The van der Waals surface area contributed by atoms with Gasteiger partial charge in [0.2, 0.25) is 0 Å². The number of benzene rings is 2. The van der Waals surface area contributed by atoms with Gasteiger partial charge in [-0.1, -0.05) is 54.1 Å². The van der Waals surface area contributed by atoms with Crippen LogP contribution >= 0.6 is 11.6 Å². The first-order valence-electron chi connectivity index (χ1n) is 12.4. The second-order valence-corrected chi connectivity index (χ2v) is 9.31. The Morgan fingerprint density at radius 1 is 1.00 bits per heavy atom. The molecule has 0 radical (unpaired) electrons. The monoisotopic (exact) mass is 534 g/mol. The number of hydrogen-bond donors (Lipinski definition) is 0. The molecule has 1 unspecified atom stereocenters. The van der Waals surface area contributed by atoms with E-state index in [0.29, 0.717) is 19.7 Å². The molecule has 1 aliphatic heterocycles. The highest BCUT2D eigenvalue weighted by molar-refractivity contribution is 6.30. The van der Waals surface area contributed by atoms with Crippen LogP contribution < -0.4 is 0 Å². The smallest absolute Gasteiger partial charge is 0.332 e. The lowest BCUT2D eigenvalue weighted by molar-refractivity contribution is -0.757. The molecule has 11 heteroatoms. The van der Waals surface area contributed by atoms with E-state index in [1.54, 1.807) is 11.9 Å². The summed E-state index contributed by atoms with van der Waals surface area (Å²) in [5, 5.41) is 10.0. The second kappa shape index (κ2) is 15.5. The molecular weight excluding hydrogens is 500 g/mol. The number of halogens is 1. The minimum absolute atomic E-state index is 0.0249. The Labute approximate surface area is 222 Å². The van der Waals surface area contributed by atoms with Crippen LogP contribution in [0.15, 0.2) is 54.6 Å². The highest BCUT2D eigenvalue weighted by Crippen LogP contribution is 2.30. The fourth-order valence-corrected chi connectivity index (χ4v) is 4.35. The highest BCUT2D eigenvalue weighted by atomic mass is 35.5. The van der Waals surface area contributed by atoms with Gasteiger partial charge in [0.05, 0.1) is 12.6 Å². The molecule has 3 rings (SSSR count). The van der Waals surface area contributed by atoms with Crippen molar-refractivity contribution in [3.8, 4) is 0 Å². The van der Waals surface area contributed by atoms with Crippen molar-refractivity contribution in [2.75, 3.05) is 79.3 Å². The maximum atomic E-state index is 11.9. The Balaban J connectivity index is 1.33. The molecule has 2 aromatic rings. The predicted molar refractivity (Wildman–Crippen MR) is 140 cm³/mol. The Kier molecular flexibility index (Phi) is 12.1. The summed E-state index contributed by atoms with van der Waals surface area (Å²) in [5.74, 6) is -0.423. The van der Waals surface area contributed by atoms with E-state index in [9.17, 15) is 14.9 Å². The number of carbonyl (C=O) groups excluding carboxylic acids is 1. The molecule has 1 aliphatic rings. The van der Waals surface area contributed by atoms with Gasteiger partial charge in [-0.05, 0) is 30.3 Å². The summed E-state index contributed by atoms with van der Waals surface area (Å²) in [4.78, 5) is 32.9. The number of likely N-dealkylation sites (N-methyl/N-ethyl adjacent to an activating group) is 1. The van der Waals surface area contributed by atoms with Gasteiger partial charge < -0.3 is 19.2 Å². The van der Waals surface area contributed by atoms with Crippen LogP contribution in [0.5, 0.6) is 0 Å². The zero-order valence-electron chi connectivity index (χ0n) is 21.2. The van der Waals surface area contributed by atoms with Gasteiger partial charge in [0.15, 0.2) is 0 Å². The van der Waals surface area contributed by atoms with Gasteiger partial charge >= 0.3 is 5.97 Å². The van der Waals surface area contributed by atoms with E-state index < -0.39 is 11.1 Å². The van der Waals surface area contributed by atoms with Gasteiger partial charge in [-0.2, -0.15) is 0 Å². The van der Waals surface area contributed by atoms with E-state index in [4.69, 9.17) is 21.1 Å². The van der Waals surface area contributed by atoms with Crippen molar-refractivity contribution in [2.45, 2.75) is 6.04 Å². The van der Waals surface area contributed by atoms with E-state index in [-0.39, 0.29) is 25.9 Å². The molecule has 0 bridgehead atoms. The van der Waals surface area contributed by atoms with Crippen LogP contribution in [0, 0.1) is 10.1 Å². The van der Waals surface area contributed by atoms with Crippen molar-refractivity contribution in [2.24, 2.45) is 0 Å². The third-order valence-electron chi connectivity index (χ3n) is 6.25. The highest BCUT2D eigenvalue weighted by Gasteiger charge is 2.26. The average Bonchev–Trinajstić information content (AvgIpc) is 2.89. The molecule has 1 heterocycles. The van der Waals surface area contributed by atoms with Crippen molar-refractivity contribution in [1.29, 1.82) is 0 Å². The fraction of sp³-hybridized carbons (Fsp3) is 0.500. The molecule has 2 aromatic carbocycles. The summed E-state index contributed by atoms with van der Waals surface area (Å²) < 4.78 is 10.7. The van der Waals surface area contributed by atoms with Crippen LogP contribution in [0.1, 0.15) is 17.2 Å². The first kappa shape index (κ1) is 28.8. The number of nitrogens with zero attached hydrogens (tertiary/aromatic N) is 4. The van der Waals surface area contributed by atoms with Gasteiger partial charge in [0.1, 0.15) is 19.8 Å². The lowest BCUT2D eigenvalue weighted by atomic mass is 9.96. The number of rotatable bonds is 15. The van der Waals surface area contributed by atoms with Gasteiger partial charge in [-0.25, -0.2) is 4.79 Å². The van der Waals surface area contributed by atoms with Crippen LogP contribution in [-0.2, 0) is 19.1 Å². The molecule has 10 nitrogen and oxygen atoms in total. The summed E-state index contributed by atoms with van der Waals surface area (Å²) in [6.45, 7) is 5.76. The number of hydrogen-bond acceptors (Lipinski definition) is 9. The minimum Gasteiger partial charge on any atom is -0.463 e. The molecule has 1 atom stereocenters. The van der Waals surface area contributed by atoms with E-state index in [2.05, 4.69) is 51.0 Å². The minimum atomic E-state index is -0.825. The van der Waals surface area contributed by atoms with Crippen LogP contribution in [0.25, 0.3) is 0 Å². The van der Waals surface area contributed by atoms with Crippen LogP contribution in [-0.4, -0.2) is 105 Å². The molecular formula is C26H35ClN4O6. The van der Waals surface area contributed by atoms with Gasteiger partial charge in [-0.15, -0.1) is 10.1 Å². The van der Waals surface area contributed by atoms with E-state index in [1.807, 2.05) is 18.2 Å². The number of carbonyl (C=O) groups is 1. The lowest BCUT2D eigenvalue weighted by Crippen LogP contribution is -2.48. The Morgan fingerprint density at radius 3 is 2.32 bits per heavy atom. The molecule has 0 amide bonds. The van der Waals surface area contributed by atoms with Crippen molar-refractivity contribution >= 4 is 17.6 Å². The van der Waals surface area contributed by atoms with E-state index in [0.717, 1.165) is 37.7 Å². The molecule has 0 saturated carbocycles. The quantitative estimate of drug-likeness (QED) is 0.148. The first-order valence-corrected chi connectivity index (χ1v) is 12.8. The first-order chi connectivity index (χ1) is 17.9. The summed E-state index contributed by atoms with van der Waals surface area (Å²) in [6.07, 6.45) is 0. The van der Waals surface area contributed by atoms with Gasteiger partial charge in [0, 0.05) is 50.8 Å². The van der Waals surface area contributed by atoms with Crippen LogP contribution in [0.3, 0.4) is 0 Å². The third-order valence-corrected chi connectivity index (χ3v) is 6.50. The Hall–Kier alpha value is -2.76. The molecule has 1 saturated heterocycles. The maximum absolute atomic E-state index is 11.9. The zero-order chi connectivity index (χ0) is 26.5. The second-order valence-electron chi connectivity index (χ2n) is 8.88. The van der Waals surface area contributed by atoms with Crippen LogP contribution in [0.4, 0.5) is 0 Å². The van der Waals surface area contributed by atoms with Gasteiger partial charge in [0.25, 0.3) is 5.09 Å². The van der Waals surface area contributed by atoms with Crippen LogP contribution in [0.2, 0.25) is 5.02 Å². The number of piperazine rings is 1. The summed E-state index contributed by atoms with van der Waals surface area (Å²) >= 11 is 6.12. The topological polar surface area (TPSA) is 97.6 Å². The zero-order valence-corrected chi connectivity index (χ0v) is 21.9. The third kappa shape index (κ3) is 10.3. The fourth-order valence-electron chi connectivity index (χ4n) is 4.23. The van der Waals surface area contributed by atoms with Crippen molar-refractivity contribution in [3.63, 3.8) is 0 Å². The molecule has 0 aromatic heterocycles. The standard InChI is InChI=1S/C26H35ClN4O6/c1-28(16-20-37-31(33)34)15-19-36-25(32)21-35-18-17-29-11-13-30(14-12-29)26(22-5-3-2-4-6-22)23-7-9-24(27)10-8-23/h2-10,26H,11-21H2,1H3. The average molecular weight is 535 g/mol. The number of esters is 1. The molecule has 1 fully saturated rings. The molecule has 0 spiro atoms. The summed E-state index contributed by atoms with van der Waals surface area (Å²) in [6, 6.07) is 18.8. The number of ether oxygens (including phenoxy) is 2. The maximum Gasteiger partial charge on any atom is 0.332 e. The normalized spacial score (nSPS) is 15.4. The summed E-state index contributed by atoms with van der Waals surface area (Å²) in [5.41, 5.74) is 2.48. The van der Waals surface area contributed by atoms with Crippen molar-refractivity contribution < 1.29 is 24.2 Å². The molecule has 202 valence electrons. The van der Waals surface area contributed by atoms with Gasteiger partial charge in [-0.3, -0.25) is 9.80 Å². The molecule has 0 aliphatic carbocycles. The predicted octanol–water partition coefficient (Wildman–Crippen LogP) is 2.75. The SMILES string of the molecule is CN(CCOC(=O)COCCN1CCN(C(c2ccccc2)c2ccc(Cl)cc2)CC1)CCO[N+](=O)[O-]. The van der Waals surface area contributed by atoms with E-state index >= 15 is 0 Å². The van der Waals surface area contributed by atoms with Crippen molar-refractivity contribution in [3.05, 3.63) is 80.9 Å². The Bertz CT molecular complexity index is 957. The lowest BCUT2D eigenvalue weighted by Gasteiger charge is -2.39. The van der Waals surface area contributed by atoms with E-state index in [1.165, 1.54) is 11.1 Å². The van der Waals surface area contributed by atoms with Crippen molar-refractivity contribution in [1.82, 2.24) is 14.7 Å². The largest absolute Gasteiger partial charge is 0.463 e. The molecule has 0 N–H and O–H groups in total.